The second kappa shape index (κ2) is 7.78. The number of hydrogen-bond acceptors (Lipinski definition) is 4. The molecule has 0 aromatic heterocycles. The number of aromatic carboxylic acids is 1. The molecule has 0 heterocycles. The van der Waals surface area contributed by atoms with Gasteiger partial charge in [-0.05, 0) is 57.5 Å². The van der Waals surface area contributed by atoms with Crippen LogP contribution in [0.5, 0.6) is 0 Å². The van der Waals surface area contributed by atoms with Crippen molar-refractivity contribution in [2.24, 2.45) is 0 Å². The molecule has 0 saturated carbocycles. The van der Waals surface area contributed by atoms with E-state index < -0.39 is 50.3 Å². The lowest BCUT2D eigenvalue weighted by Gasteiger charge is -2.21. The minimum absolute atomic E-state index is 0.210. The largest absolute Gasteiger partial charge is 0.478 e. The molecule has 0 aliphatic heterocycles. The normalized spacial score (nSPS) is 11.8. The van der Waals surface area contributed by atoms with Crippen molar-refractivity contribution in [3.8, 4) is 0 Å². The molecule has 1 amide bonds. The first kappa shape index (κ1) is 22.3. The molecule has 2 aromatic carbocycles. The van der Waals surface area contributed by atoms with Crippen LogP contribution in [0.25, 0.3) is 0 Å². The van der Waals surface area contributed by atoms with Crippen molar-refractivity contribution in [2.45, 2.75) is 38.1 Å². The number of aryl methyl sites for hydroxylation is 1. The predicted octanol–water partition coefficient (Wildman–Crippen LogP) is 3.30. The van der Waals surface area contributed by atoms with Crippen LogP contribution in [0.1, 0.15) is 47.1 Å². The van der Waals surface area contributed by atoms with E-state index in [9.17, 15) is 26.8 Å². The van der Waals surface area contributed by atoms with Crippen LogP contribution < -0.4 is 10.0 Å². The monoisotopic (exact) mass is 426 g/mol. The van der Waals surface area contributed by atoms with Gasteiger partial charge in [0.1, 0.15) is 11.6 Å². The molecule has 3 N–H and O–H groups in total. The van der Waals surface area contributed by atoms with Crippen molar-refractivity contribution < 1.29 is 31.9 Å². The van der Waals surface area contributed by atoms with Crippen LogP contribution in [0.2, 0.25) is 0 Å². The minimum atomic E-state index is -4.33. The highest BCUT2D eigenvalue weighted by atomic mass is 32.2. The number of rotatable bonds is 5. The molecular formula is C19H20F2N2O5S. The summed E-state index contributed by atoms with van der Waals surface area (Å²) in [5, 5.41) is 11.5. The zero-order valence-electron chi connectivity index (χ0n) is 16.1. The Kier molecular flexibility index (Phi) is 5.98. The molecule has 0 atom stereocenters. The van der Waals surface area contributed by atoms with Crippen molar-refractivity contribution in [1.82, 2.24) is 5.32 Å². The Morgan fingerprint density at radius 2 is 1.66 bits per heavy atom. The fourth-order valence-electron chi connectivity index (χ4n) is 2.49. The summed E-state index contributed by atoms with van der Waals surface area (Å²) >= 11 is 0. The lowest BCUT2D eigenvalue weighted by atomic mass is 10.1. The highest BCUT2D eigenvalue weighted by molar-refractivity contribution is 7.92. The molecule has 2 aromatic rings. The van der Waals surface area contributed by atoms with Gasteiger partial charge in [-0.3, -0.25) is 9.52 Å². The number of carboxylic acids is 1. The predicted molar refractivity (Wildman–Crippen MR) is 103 cm³/mol. The lowest BCUT2D eigenvalue weighted by molar-refractivity contribution is 0.0691. The second-order valence-corrected chi connectivity index (χ2v) is 9.06. The van der Waals surface area contributed by atoms with Crippen molar-refractivity contribution in [3.63, 3.8) is 0 Å². The summed E-state index contributed by atoms with van der Waals surface area (Å²) in [4.78, 5) is 22.8. The van der Waals surface area contributed by atoms with Gasteiger partial charge < -0.3 is 10.4 Å². The van der Waals surface area contributed by atoms with Gasteiger partial charge >= 0.3 is 5.97 Å². The van der Waals surface area contributed by atoms with Gasteiger partial charge in [-0.1, -0.05) is 0 Å². The van der Waals surface area contributed by atoms with E-state index in [1.807, 2.05) is 4.72 Å². The number of benzene rings is 2. The Bertz CT molecular complexity index is 1090. The van der Waals surface area contributed by atoms with Crippen LogP contribution in [0.15, 0.2) is 35.2 Å². The zero-order valence-corrected chi connectivity index (χ0v) is 16.9. The van der Waals surface area contributed by atoms with Crippen molar-refractivity contribution in [2.75, 3.05) is 4.72 Å². The summed E-state index contributed by atoms with van der Waals surface area (Å²) in [6.45, 7) is 6.84. The van der Waals surface area contributed by atoms with Crippen LogP contribution in [0.4, 0.5) is 14.5 Å². The number of hydrogen-bond donors (Lipinski definition) is 3. The summed E-state index contributed by atoms with van der Waals surface area (Å²) in [6.07, 6.45) is 0. The Labute approximate surface area is 166 Å². The molecule has 10 heteroatoms. The van der Waals surface area contributed by atoms with Gasteiger partial charge in [0.15, 0.2) is 0 Å². The van der Waals surface area contributed by atoms with Crippen molar-refractivity contribution >= 4 is 27.6 Å². The second-order valence-electron chi connectivity index (χ2n) is 7.41. The number of sulfonamides is 1. The molecule has 0 radical (unpaired) electrons. The summed E-state index contributed by atoms with van der Waals surface area (Å²) in [5.74, 6) is -4.61. The molecule has 7 nitrogen and oxygen atoms in total. The molecule has 2 rings (SSSR count). The molecular weight excluding hydrogens is 406 g/mol. The molecule has 0 aliphatic carbocycles. The van der Waals surface area contributed by atoms with E-state index in [0.29, 0.717) is 12.1 Å². The number of carbonyl (C=O) groups is 2. The average Bonchev–Trinajstić information content (AvgIpc) is 2.55. The zero-order chi connectivity index (χ0) is 22.1. The van der Waals surface area contributed by atoms with Gasteiger partial charge in [-0.2, -0.15) is 0 Å². The van der Waals surface area contributed by atoms with Crippen molar-refractivity contribution in [1.29, 1.82) is 0 Å². The molecule has 0 saturated heterocycles. The number of nitrogens with one attached hydrogen (secondary N) is 2. The Morgan fingerprint density at radius 1 is 1.03 bits per heavy atom. The van der Waals surface area contributed by atoms with E-state index in [0.717, 1.165) is 0 Å². The number of carbonyl (C=O) groups excluding carboxylic acids is 1. The third-order valence-corrected chi connectivity index (χ3v) is 5.27. The molecule has 0 spiro atoms. The van der Waals surface area contributed by atoms with Crippen LogP contribution in [0.3, 0.4) is 0 Å². The fourth-order valence-corrected chi connectivity index (χ4v) is 3.78. The first-order valence-corrected chi connectivity index (χ1v) is 9.88. The summed E-state index contributed by atoms with van der Waals surface area (Å²) in [7, 11) is -4.33. The quantitative estimate of drug-likeness (QED) is 0.679. The summed E-state index contributed by atoms with van der Waals surface area (Å²) < 4.78 is 54.9. The highest BCUT2D eigenvalue weighted by Gasteiger charge is 2.23. The van der Waals surface area contributed by atoms with Gasteiger partial charge in [-0.15, -0.1) is 0 Å². The first-order chi connectivity index (χ1) is 13.2. The van der Waals surface area contributed by atoms with Gasteiger partial charge in [0.05, 0.1) is 16.1 Å². The van der Waals surface area contributed by atoms with E-state index in [-0.39, 0.29) is 16.0 Å². The smallest absolute Gasteiger partial charge is 0.338 e. The maximum absolute atomic E-state index is 14.1. The van der Waals surface area contributed by atoms with Crippen LogP contribution in [-0.4, -0.2) is 30.9 Å². The highest BCUT2D eigenvalue weighted by Crippen LogP contribution is 2.25. The van der Waals surface area contributed by atoms with E-state index in [4.69, 9.17) is 5.11 Å². The molecule has 0 fully saturated rings. The van der Waals surface area contributed by atoms with E-state index in [1.165, 1.54) is 25.1 Å². The molecule has 0 unspecified atom stereocenters. The number of halogens is 2. The number of carboxylic acid groups (broad SMARTS) is 1. The van der Waals surface area contributed by atoms with Crippen molar-refractivity contribution in [3.05, 3.63) is 58.7 Å². The summed E-state index contributed by atoms with van der Waals surface area (Å²) in [6, 6.07) is 4.68. The summed E-state index contributed by atoms with van der Waals surface area (Å²) in [5.41, 5.74) is -1.69. The molecule has 29 heavy (non-hydrogen) atoms. The Balaban J connectivity index is 2.36. The van der Waals surface area contributed by atoms with E-state index >= 15 is 0 Å². The van der Waals surface area contributed by atoms with Gasteiger partial charge in [0.25, 0.3) is 15.9 Å². The molecule has 156 valence electrons. The maximum Gasteiger partial charge on any atom is 0.338 e. The molecule has 0 aliphatic rings. The Morgan fingerprint density at radius 3 is 2.17 bits per heavy atom. The standard InChI is InChI=1S/C19H20F2N2O5S/c1-10-7-11(17(24)22-19(2,3)4)5-6-16(10)29(27,28)23-15-9-13(20)12(18(25)26)8-14(15)21/h5-9,23H,1-4H3,(H,22,24)(H,25,26). The Hall–Kier alpha value is -3.01. The lowest BCUT2D eigenvalue weighted by Crippen LogP contribution is -2.40. The van der Waals surface area contributed by atoms with Crippen LogP contribution >= 0.6 is 0 Å². The average molecular weight is 426 g/mol. The third kappa shape index (κ3) is 5.29. The third-order valence-electron chi connectivity index (χ3n) is 3.75. The SMILES string of the molecule is Cc1cc(C(=O)NC(C)(C)C)ccc1S(=O)(=O)Nc1cc(F)c(C(=O)O)cc1F. The van der Waals surface area contributed by atoms with Gasteiger partial charge in [0.2, 0.25) is 0 Å². The van der Waals surface area contributed by atoms with Gasteiger partial charge in [0, 0.05) is 17.2 Å². The topological polar surface area (TPSA) is 113 Å². The number of anilines is 1. The number of amides is 1. The maximum atomic E-state index is 14.1. The fraction of sp³-hybridized carbons (Fsp3) is 0.263. The minimum Gasteiger partial charge on any atom is -0.478 e. The van der Waals surface area contributed by atoms with Crippen LogP contribution in [0, 0.1) is 18.6 Å². The first-order valence-electron chi connectivity index (χ1n) is 8.39. The van der Waals surface area contributed by atoms with E-state index in [2.05, 4.69) is 5.32 Å². The van der Waals surface area contributed by atoms with Gasteiger partial charge in [-0.25, -0.2) is 22.0 Å². The molecule has 0 bridgehead atoms. The van der Waals surface area contributed by atoms with Crippen LogP contribution in [-0.2, 0) is 10.0 Å². The van der Waals surface area contributed by atoms with E-state index in [1.54, 1.807) is 20.8 Å².